The number of nitrogens with two attached hydrogens (primary N) is 1. The summed E-state index contributed by atoms with van der Waals surface area (Å²) < 4.78 is 48.2. The van der Waals surface area contributed by atoms with Gasteiger partial charge in [-0.1, -0.05) is 0 Å². The minimum atomic E-state index is -3.81. The molecule has 4 nitrogen and oxygen atoms in total. The summed E-state index contributed by atoms with van der Waals surface area (Å²) in [6, 6.07) is 1.37. The Bertz CT molecular complexity index is 416. The van der Waals surface area contributed by atoms with Crippen molar-refractivity contribution in [2.45, 2.75) is 17.2 Å². The van der Waals surface area contributed by atoms with Crippen LogP contribution in [0, 0.1) is 0 Å². The summed E-state index contributed by atoms with van der Waals surface area (Å²) in [5, 5.41) is 1.58. The van der Waals surface area contributed by atoms with Crippen LogP contribution in [0.3, 0.4) is 0 Å². The van der Waals surface area contributed by atoms with Crippen molar-refractivity contribution < 1.29 is 17.2 Å². The van der Waals surface area contributed by atoms with E-state index in [1.165, 1.54) is 6.07 Å². The van der Waals surface area contributed by atoms with Crippen molar-refractivity contribution in [3.63, 3.8) is 0 Å². The molecule has 0 aliphatic carbocycles. The monoisotopic (exact) mass is 256 g/mol. The Labute approximate surface area is 90.1 Å². The van der Waals surface area contributed by atoms with Crippen LogP contribution in [0.4, 0.5) is 8.78 Å². The second-order valence-electron chi connectivity index (χ2n) is 2.72. The lowest BCUT2D eigenvalue weighted by molar-refractivity contribution is 0.153. The lowest BCUT2D eigenvalue weighted by Gasteiger charge is -2.02. The van der Waals surface area contributed by atoms with E-state index in [1.807, 2.05) is 0 Å². The highest BCUT2D eigenvalue weighted by atomic mass is 32.2. The molecule has 0 aliphatic heterocycles. The zero-order valence-corrected chi connectivity index (χ0v) is 9.25. The average Bonchev–Trinajstić information content (AvgIpc) is 2.63. The van der Waals surface area contributed by atoms with Gasteiger partial charge in [0, 0.05) is 6.54 Å². The molecule has 0 fully saturated rings. The van der Waals surface area contributed by atoms with Crippen LogP contribution in [-0.2, 0) is 16.6 Å². The third kappa shape index (κ3) is 3.49. The maximum Gasteiger partial charge on any atom is 0.251 e. The number of halogens is 2. The van der Waals surface area contributed by atoms with E-state index in [0.717, 1.165) is 11.3 Å². The Morgan fingerprint density at radius 2 is 2.20 bits per heavy atom. The molecule has 86 valence electrons. The second-order valence-corrected chi connectivity index (χ2v) is 5.63. The minimum Gasteiger partial charge on any atom is -0.326 e. The van der Waals surface area contributed by atoms with E-state index >= 15 is 0 Å². The van der Waals surface area contributed by atoms with Crippen LogP contribution >= 0.6 is 11.3 Å². The summed E-state index contributed by atoms with van der Waals surface area (Å²) in [6.07, 6.45) is -2.70. The third-order valence-corrected chi connectivity index (χ3v) is 4.47. The quantitative estimate of drug-likeness (QED) is 0.816. The van der Waals surface area contributed by atoms with E-state index in [-0.39, 0.29) is 10.8 Å². The maximum absolute atomic E-state index is 11.8. The Morgan fingerprint density at radius 1 is 1.53 bits per heavy atom. The van der Waals surface area contributed by atoms with Crippen molar-refractivity contribution in [2.24, 2.45) is 5.73 Å². The SMILES string of the molecule is NCc1csc(S(=O)(=O)NCC(F)F)c1. The number of nitrogens with one attached hydrogen (secondary N) is 1. The summed E-state index contributed by atoms with van der Waals surface area (Å²) in [7, 11) is -3.81. The van der Waals surface area contributed by atoms with Gasteiger partial charge in [-0.15, -0.1) is 11.3 Å². The molecule has 1 aromatic rings. The summed E-state index contributed by atoms with van der Waals surface area (Å²) in [6.45, 7) is -0.654. The fourth-order valence-corrected chi connectivity index (χ4v) is 3.12. The van der Waals surface area contributed by atoms with Crippen LogP contribution in [0.2, 0.25) is 0 Å². The molecule has 8 heteroatoms. The first-order valence-electron chi connectivity index (χ1n) is 4.01. The van der Waals surface area contributed by atoms with Gasteiger partial charge in [0.15, 0.2) is 0 Å². The zero-order valence-electron chi connectivity index (χ0n) is 7.61. The number of alkyl halides is 2. The number of thiophene rings is 1. The molecule has 0 atom stereocenters. The van der Waals surface area contributed by atoms with Crippen molar-refractivity contribution in [3.8, 4) is 0 Å². The summed E-state index contributed by atoms with van der Waals surface area (Å²) in [5.41, 5.74) is 5.96. The lowest BCUT2D eigenvalue weighted by Crippen LogP contribution is -2.28. The molecule has 1 heterocycles. The van der Waals surface area contributed by atoms with Gasteiger partial charge in [0.2, 0.25) is 10.0 Å². The normalized spacial score (nSPS) is 12.3. The van der Waals surface area contributed by atoms with Gasteiger partial charge in [-0.3, -0.25) is 0 Å². The van der Waals surface area contributed by atoms with Gasteiger partial charge in [0.25, 0.3) is 6.43 Å². The van der Waals surface area contributed by atoms with Gasteiger partial charge in [0.05, 0.1) is 6.54 Å². The summed E-state index contributed by atoms with van der Waals surface area (Å²) >= 11 is 0.957. The number of hydrogen-bond donors (Lipinski definition) is 2. The van der Waals surface area contributed by atoms with Gasteiger partial charge in [0.1, 0.15) is 4.21 Å². The average molecular weight is 256 g/mol. The smallest absolute Gasteiger partial charge is 0.251 e. The van der Waals surface area contributed by atoms with Gasteiger partial charge in [-0.25, -0.2) is 21.9 Å². The van der Waals surface area contributed by atoms with Crippen LogP contribution in [0.25, 0.3) is 0 Å². The summed E-state index contributed by atoms with van der Waals surface area (Å²) in [5.74, 6) is 0. The Kier molecular flexibility index (Phi) is 4.14. The molecule has 0 unspecified atom stereocenters. The van der Waals surface area contributed by atoms with E-state index in [2.05, 4.69) is 0 Å². The highest BCUT2D eigenvalue weighted by molar-refractivity contribution is 7.91. The standard InChI is InChI=1S/C7H10F2N2O2S2/c8-6(9)3-11-15(12,13)7-1-5(2-10)4-14-7/h1,4,6,11H,2-3,10H2. The first-order valence-corrected chi connectivity index (χ1v) is 6.37. The van der Waals surface area contributed by atoms with E-state index < -0.39 is 23.0 Å². The molecule has 0 aliphatic rings. The molecule has 0 saturated carbocycles. The molecular formula is C7H10F2N2O2S2. The van der Waals surface area contributed by atoms with Crippen molar-refractivity contribution in [2.75, 3.05) is 6.54 Å². The minimum absolute atomic E-state index is 0.00333. The van der Waals surface area contributed by atoms with E-state index in [9.17, 15) is 17.2 Å². The first-order chi connectivity index (χ1) is 6.95. The Hall–Kier alpha value is -0.570. The van der Waals surface area contributed by atoms with Crippen molar-refractivity contribution in [3.05, 3.63) is 17.0 Å². The Morgan fingerprint density at radius 3 is 2.67 bits per heavy atom. The van der Waals surface area contributed by atoms with Gasteiger partial charge in [-0.05, 0) is 17.0 Å². The van der Waals surface area contributed by atoms with Crippen LogP contribution in [-0.4, -0.2) is 21.4 Å². The van der Waals surface area contributed by atoms with Crippen LogP contribution in [0.5, 0.6) is 0 Å². The highest BCUT2D eigenvalue weighted by Crippen LogP contribution is 2.19. The van der Waals surface area contributed by atoms with Crippen LogP contribution < -0.4 is 10.5 Å². The van der Waals surface area contributed by atoms with E-state index in [0.29, 0.717) is 5.56 Å². The number of sulfonamides is 1. The number of rotatable bonds is 5. The van der Waals surface area contributed by atoms with Crippen molar-refractivity contribution >= 4 is 21.4 Å². The molecule has 1 aromatic heterocycles. The zero-order chi connectivity index (χ0) is 11.5. The van der Waals surface area contributed by atoms with Crippen molar-refractivity contribution in [1.82, 2.24) is 4.72 Å². The van der Waals surface area contributed by atoms with Crippen molar-refractivity contribution in [1.29, 1.82) is 0 Å². The largest absolute Gasteiger partial charge is 0.326 e. The van der Waals surface area contributed by atoms with Crippen LogP contribution in [0.1, 0.15) is 5.56 Å². The molecule has 0 spiro atoms. The second kappa shape index (κ2) is 4.97. The summed E-state index contributed by atoms with van der Waals surface area (Å²) in [4.78, 5) is 0. The fraction of sp³-hybridized carbons (Fsp3) is 0.429. The first kappa shape index (κ1) is 12.5. The van der Waals surface area contributed by atoms with Gasteiger partial charge >= 0.3 is 0 Å². The molecule has 15 heavy (non-hydrogen) atoms. The van der Waals surface area contributed by atoms with E-state index in [1.54, 1.807) is 10.1 Å². The Balaban J connectivity index is 2.77. The van der Waals surface area contributed by atoms with Gasteiger partial charge in [-0.2, -0.15) is 0 Å². The maximum atomic E-state index is 11.8. The molecule has 0 saturated heterocycles. The molecule has 1 rings (SSSR count). The van der Waals surface area contributed by atoms with Gasteiger partial charge < -0.3 is 5.73 Å². The van der Waals surface area contributed by atoms with Crippen LogP contribution in [0.15, 0.2) is 15.7 Å². The molecule has 0 radical (unpaired) electrons. The molecule has 3 N–H and O–H groups in total. The molecule has 0 bridgehead atoms. The fourth-order valence-electron chi connectivity index (χ4n) is 0.845. The lowest BCUT2D eigenvalue weighted by atomic mass is 10.4. The number of hydrogen-bond acceptors (Lipinski definition) is 4. The predicted octanol–water partition coefficient (Wildman–Crippen LogP) is 0.750. The molecular weight excluding hydrogens is 246 g/mol. The highest BCUT2D eigenvalue weighted by Gasteiger charge is 2.17. The molecule has 0 aromatic carbocycles. The molecule has 0 amide bonds. The predicted molar refractivity (Wildman–Crippen MR) is 53.4 cm³/mol. The van der Waals surface area contributed by atoms with E-state index in [4.69, 9.17) is 5.73 Å². The topological polar surface area (TPSA) is 72.2 Å². The third-order valence-electron chi connectivity index (χ3n) is 1.56.